The van der Waals surface area contributed by atoms with Crippen molar-refractivity contribution in [1.82, 2.24) is 0 Å². The summed E-state index contributed by atoms with van der Waals surface area (Å²) >= 11 is 0. The van der Waals surface area contributed by atoms with Gasteiger partial charge in [0.2, 0.25) is 0 Å². The fourth-order valence-corrected chi connectivity index (χ4v) is 5.17. The first-order valence-electron chi connectivity index (χ1n) is 8.80. The summed E-state index contributed by atoms with van der Waals surface area (Å²) < 4.78 is 6.63. The zero-order valence-electron chi connectivity index (χ0n) is 16.0. The molecule has 0 aromatic carbocycles. The average Bonchev–Trinajstić information content (AvgIpc) is 2.75. The van der Waals surface area contributed by atoms with Crippen LogP contribution in [0.5, 0.6) is 0 Å². The Morgan fingerprint density at radius 3 is 2.35 bits per heavy atom. The van der Waals surface area contributed by atoms with E-state index in [9.17, 15) is 0 Å². The lowest BCUT2D eigenvalue weighted by Gasteiger charge is -2.41. The fraction of sp³-hybridized carbons (Fsp3) is 0.700. The van der Waals surface area contributed by atoms with Crippen LogP contribution in [0, 0.1) is 29.2 Å². The van der Waals surface area contributed by atoms with Crippen molar-refractivity contribution in [3.05, 3.63) is 12.2 Å². The minimum atomic E-state index is -1.65. The molecule has 0 aromatic rings. The van der Waals surface area contributed by atoms with Crippen LogP contribution in [-0.2, 0) is 4.43 Å². The highest BCUT2D eigenvalue weighted by Crippen LogP contribution is 2.50. The van der Waals surface area contributed by atoms with Crippen molar-refractivity contribution in [3.8, 4) is 23.8 Å². The molecule has 0 amide bonds. The topological polar surface area (TPSA) is 9.23 Å². The molecule has 0 aromatic heterocycles. The van der Waals surface area contributed by atoms with Crippen LogP contribution in [-0.4, -0.2) is 22.5 Å². The van der Waals surface area contributed by atoms with E-state index in [1.54, 1.807) is 0 Å². The molecule has 0 radical (unpaired) electrons. The second-order valence-electron chi connectivity index (χ2n) is 8.79. The molecule has 2 unspecified atom stereocenters. The first kappa shape index (κ1) is 20.3. The van der Waals surface area contributed by atoms with Crippen LogP contribution in [0.25, 0.3) is 0 Å². The average molecular weight is 347 g/mol. The maximum atomic E-state index is 6.63. The Labute approximate surface area is 146 Å². The summed E-state index contributed by atoms with van der Waals surface area (Å²) in [6.07, 6.45) is 11.8. The summed E-state index contributed by atoms with van der Waals surface area (Å²) in [4.78, 5) is 0. The van der Waals surface area contributed by atoms with Gasteiger partial charge in [-0.05, 0) is 45.3 Å². The van der Waals surface area contributed by atoms with Gasteiger partial charge in [-0.2, -0.15) is 0 Å². The van der Waals surface area contributed by atoms with Gasteiger partial charge in [-0.3, -0.25) is 0 Å². The lowest BCUT2D eigenvalue weighted by molar-refractivity contribution is 0.0689. The molecule has 1 rings (SSSR count). The molecule has 1 fully saturated rings. The van der Waals surface area contributed by atoms with Crippen LogP contribution in [0.1, 0.15) is 38.5 Å². The molecule has 0 bridgehead atoms. The van der Waals surface area contributed by atoms with Gasteiger partial charge in [-0.1, -0.05) is 31.8 Å². The smallest absolute Gasteiger partial charge is 0.184 e. The number of hydrogen-bond acceptors (Lipinski definition) is 1. The molecule has 128 valence electrons. The van der Waals surface area contributed by atoms with Crippen molar-refractivity contribution in [1.29, 1.82) is 0 Å². The third kappa shape index (κ3) is 6.34. The van der Waals surface area contributed by atoms with Gasteiger partial charge in [-0.15, -0.1) is 23.8 Å². The largest absolute Gasteiger partial charge is 0.413 e. The second kappa shape index (κ2) is 7.88. The Morgan fingerprint density at radius 2 is 1.91 bits per heavy atom. The Balaban J connectivity index is 3.10. The van der Waals surface area contributed by atoms with Gasteiger partial charge in [0.1, 0.15) is 8.07 Å². The Morgan fingerprint density at radius 1 is 1.26 bits per heavy atom. The highest BCUT2D eigenvalue weighted by Gasteiger charge is 2.45. The molecular formula is C20H34OSi2. The van der Waals surface area contributed by atoms with E-state index < -0.39 is 16.4 Å². The summed E-state index contributed by atoms with van der Waals surface area (Å²) in [7, 11) is -3.00. The predicted octanol–water partition coefficient (Wildman–Crippen LogP) is 5.62. The standard InChI is InChI=1S/C20H34OSi2/c1-9-10-15-20(16-11-13-18(20)2)19(21-23(6,7)8)14-12-17-22(3,4)5/h1,19H,2,10-11,13-16H2,3-8H3. The summed E-state index contributed by atoms with van der Waals surface area (Å²) in [5.74, 6) is 6.29. The summed E-state index contributed by atoms with van der Waals surface area (Å²) in [5.41, 5.74) is 4.89. The van der Waals surface area contributed by atoms with Gasteiger partial charge >= 0.3 is 0 Å². The van der Waals surface area contributed by atoms with Crippen LogP contribution in [0.2, 0.25) is 39.3 Å². The van der Waals surface area contributed by atoms with Crippen LogP contribution >= 0.6 is 0 Å². The minimum Gasteiger partial charge on any atom is -0.413 e. The van der Waals surface area contributed by atoms with E-state index >= 15 is 0 Å². The van der Waals surface area contributed by atoms with Crippen molar-refractivity contribution in [3.63, 3.8) is 0 Å². The quantitative estimate of drug-likeness (QED) is 0.345. The van der Waals surface area contributed by atoms with Crippen LogP contribution in [0.3, 0.4) is 0 Å². The molecular weight excluding hydrogens is 312 g/mol. The van der Waals surface area contributed by atoms with E-state index in [0.29, 0.717) is 0 Å². The molecule has 1 nitrogen and oxygen atoms in total. The summed E-state index contributed by atoms with van der Waals surface area (Å²) in [6.45, 7) is 18.0. The van der Waals surface area contributed by atoms with Crippen molar-refractivity contribution in [2.24, 2.45) is 5.41 Å². The zero-order valence-corrected chi connectivity index (χ0v) is 18.0. The molecule has 3 heteroatoms. The number of terminal acetylenes is 1. The molecule has 23 heavy (non-hydrogen) atoms. The van der Waals surface area contributed by atoms with Gasteiger partial charge in [0.25, 0.3) is 0 Å². The van der Waals surface area contributed by atoms with Gasteiger partial charge in [0.05, 0.1) is 6.10 Å². The fourth-order valence-electron chi connectivity index (χ4n) is 3.38. The summed E-state index contributed by atoms with van der Waals surface area (Å²) in [6, 6.07) is 0. The van der Waals surface area contributed by atoms with Crippen molar-refractivity contribution >= 4 is 16.4 Å². The van der Waals surface area contributed by atoms with Crippen LogP contribution < -0.4 is 0 Å². The van der Waals surface area contributed by atoms with Crippen molar-refractivity contribution in [2.45, 2.75) is 83.9 Å². The maximum absolute atomic E-state index is 6.63. The molecule has 0 N–H and O–H groups in total. The first-order valence-corrected chi connectivity index (χ1v) is 15.7. The monoisotopic (exact) mass is 346 g/mol. The molecule has 0 spiro atoms. The highest BCUT2D eigenvalue weighted by molar-refractivity contribution is 6.83. The highest BCUT2D eigenvalue weighted by atomic mass is 28.4. The Bertz CT molecular complexity index is 519. The van der Waals surface area contributed by atoms with Gasteiger partial charge in [0.15, 0.2) is 8.32 Å². The van der Waals surface area contributed by atoms with E-state index in [1.807, 2.05) is 0 Å². The van der Waals surface area contributed by atoms with Crippen molar-refractivity contribution in [2.75, 3.05) is 0 Å². The summed E-state index contributed by atoms with van der Waals surface area (Å²) in [5, 5.41) is 0. The van der Waals surface area contributed by atoms with E-state index in [2.05, 4.69) is 63.2 Å². The van der Waals surface area contributed by atoms with Crippen LogP contribution in [0.4, 0.5) is 0 Å². The molecule has 0 saturated heterocycles. The van der Waals surface area contributed by atoms with Gasteiger partial charge < -0.3 is 4.43 Å². The van der Waals surface area contributed by atoms with Gasteiger partial charge in [0, 0.05) is 18.3 Å². The van der Waals surface area contributed by atoms with E-state index in [1.165, 1.54) is 12.0 Å². The normalized spacial score (nSPS) is 23.1. The second-order valence-corrected chi connectivity index (χ2v) is 18.0. The Kier molecular flexibility index (Phi) is 6.96. The third-order valence-corrected chi connectivity index (χ3v) is 6.30. The first-order chi connectivity index (χ1) is 10.5. The molecule has 1 aliphatic rings. The third-order valence-electron chi connectivity index (χ3n) is 4.38. The lowest BCUT2D eigenvalue weighted by atomic mass is 9.73. The molecule has 2 atom stereocenters. The number of hydrogen-bond donors (Lipinski definition) is 0. The molecule has 1 saturated carbocycles. The molecule has 0 aliphatic heterocycles. The van der Waals surface area contributed by atoms with E-state index in [-0.39, 0.29) is 11.5 Å². The van der Waals surface area contributed by atoms with Gasteiger partial charge in [-0.25, -0.2) is 0 Å². The van der Waals surface area contributed by atoms with Crippen molar-refractivity contribution < 1.29 is 4.43 Å². The SMILES string of the molecule is C#CCCC1(C(CC#C[Si](C)(C)C)O[Si](C)(C)C)CCCC1=C. The predicted molar refractivity (Wildman–Crippen MR) is 107 cm³/mol. The zero-order chi connectivity index (χ0) is 17.7. The molecule has 0 heterocycles. The number of rotatable bonds is 6. The van der Waals surface area contributed by atoms with E-state index in [0.717, 1.165) is 32.1 Å². The van der Waals surface area contributed by atoms with Crippen LogP contribution in [0.15, 0.2) is 12.2 Å². The molecule has 1 aliphatic carbocycles. The maximum Gasteiger partial charge on any atom is 0.184 e. The minimum absolute atomic E-state index is 0.0424. The lowest BCUT2D eigenvalue weighted by Crippen LogP contribution is -2.43. The Hall–Kier alpha value is -0.746. The van der Waals surface area contributed by atoms with E-state index in [4.69, 9.17) is 10.8 Å².